The molecule has 2 fully saturated rings. The van der Waals surface area contributed by atoms with Gasteiger partial charge in [-0.2, -0.15) is 4.31 Å². The molecule has 0 saturated carbocycles. The summed E-state index contributed by atoms with van der Waals surface area (Å²) in [6.07, 6.45) is 4.34. The van der Waals surface area contributed by atoms with Crippen molar-refractivity contribution in [3.63, 3.8) is 0 Å². The average Bonchev–Trinajstić information content (AvgIpc) is 3.38. The van der Waals surface area contributed by atoms with E-state index in [1.54, 1.807) is 31.2 Å². The van der Waals surface area contributed by atoms with Gasteiger partial charge in [0, 0.05) is 58.3 Å². The third kappa shape index (κ3) is 6.91. The fraction of sp³-hybridized carbons (Fsp3) is 0.419. The SMILES string of the molecule is Cc1ccc(C=Cc2onc(C)c2S(=O)(=O)N2CCC(C(=O)NCCN3CCN(c4ccccc4F)CC3)CC2)cc1. The first-order valence-corrected chi connectivity index (χ1v) is 15.9. The van der Waals surface area contributed by atoms with Gasteiger partial charge in [0.15, 0.2) is 10.7 Å². The molecule has 5 rings (SSSR count). The van der Waals surface area contributed by atoms with Crippen LogP contribution in [0, 0.1) is 25.6 Å². The molecule has 1 amide bonds. The maximum Gasteiger partial charge on any atom is 0.248 e. The molecule has 2 aromatic carbocycles. The Balaban J connectivity index is 1.09. The molecule has 0 unspecified atom stereocenters. The number of hydrogen-bond acceptors (Lipinski definition) is 7. The molecule has 2 aliphatic heterocycles. The van der Waals surface area contributed by atoms with E-state index in [-0.39, 0.29) is 41.4 Å². The van der Waals surface area contributed by atoms with E-state index in [4.69, 9.17) is 4.52 Å². The van der Waals surface area contributed by atoms with E-state index in [2.05, 4.69) is 20.3 Å². The number of piperazine rings is 1. The van der Waals surface area contributed by atoms with Crippen molar-refractivity contribution in [1.82, 2.24) is 19.7 Å². The molecule has 1 aromatic heterocycles. The Kier molecular flexibility index (Phi) is 9.40. The average molecular weight is 596 g/mol. The molecule has 42 heavy (non-hydrogen) atoms. The Morgan fingerprint density at radius 2 is 1.69 bits per heavy atom. The molecule has 3 aromatic rings. The van der Waals surface area contributed by atoms with Gasteiger partial charge in [0.2, 0.25) is 15.9 Å². The summed E-state index contributed by atoms with van der Waals surface area (Å²) >= 11 is 0. The Morgan fingerprint density at radius 3 is 2.38 bits per heavy atom. The molecule has 3 heterocycles. The first-order valence-electron chi connectivity index (χ1n) is 14.4. The molecule has 9 nitrogen and oxygen atoms in total. The van der Waals surface area contributed by atoms with E-state index in [0.29, 0.717) is 30.8 Å². The van der Waals surface area contributed by atoms with Crippen LogP contribution in [0.15, 0.2) is 57.9 Å². The third-order valence-corrected chi connectivity index (χ3v) is 10.1. The van der Waals surface area contributed by atoms with Crippen LogP contribution in [-0.4, -0.2) is 81.0 Å². The van der Waals surface area contributed by atoms with Crippen LogP contribution in [0.5, 0.6) is 0 Å². The van der Waals surface area contributed by atoms with Crippen LogP contribution in [0.2, 0.25) is 0 Å². The molecule has 1 N–H and O–H groups in total. The summed E-state index contributed by atoms with van der Waals surface area (Å²) in [5, 5.41) is 6.95. The zero-order chi connectivity index (χ0) is 29.7. The van der Waals surface area contributed by atoms with Crippen molar-refractivity contribution in [3.05, 3.63) is 76.9 Å². The van der Waals surface area contributed by atoms with Gasteiger partial charge >= 0.3 is 0 Å². The van der Waals surface area contributed by atoms with Crippen molar-refractivity contribution in [2.24, 2.45) is 5.92 Å². The number of nitrogens with zero attached hydrogens (tertiary/aromatic N) is 4. The van der Waals surface area contributed by atoms with Crippen molar-refractivity contribution >= 4 is 33.8 Å². The number of hydrogen-bond donors (Lipinski definition) is 1. The molecule has 2 aliphatic rings. The smallest absolute Gasteiger partial charge is 0.248 e. The minimum atomic E-state index is -3.84. The number of rotatable bonds is 9. The standard InChI is InChI=1S/C31H38FN5O4S/c1-23-7-9-25(10-8-23)11-12-29-30(24(2)34-41-29)42(39,40)37-16-13-26(14-17-37)31(38)33-15-18-35-19-21-36(22-20-35)28-6-4-3-5-27(28)32/h3-12,26H,13-22H2,1-2H3,(H,33,38). The number of amides is 1. The molecule has 0 atom stereocenters. The quantitative estimate of drug-likeness (QED) is 0.400. The van der Waals surface area contributed by atoms with Gasteiger partial charge in [0.05, 0.1) is 5.69 Å². The lowest BCUT2D eigenvalue weighted by molar-refractivity contribution is -0.126. The van der Waals surface area contributed by atoms with E-state index >= 15 is 0 Å². The van der Waals surface area contributed by atoms with Crippen LogP contribution in [0.4, 0.5) is 10.1 Å². The number of para-hydroxylation sites is 1. The number of piperidine rings is 1. The summed E-state index contributed by atoms with van der Waals surface area (Å²) in [5.74, 6) is -0.287. The Bertz CT molecular complexity index is 1510. The minimum absolute atomic E-state index is 0.0417. The zero-order valence-electron chi connectivity index (χ0n) is 24.1. The minimum Gasteiger partial charge on any atom is -0.367 e. The molecule has 0 bridgehead atoms. The van der Waals surface area contributed by atoms with Crippen molar-refractivity contribution in [2.45, 2.75) is 31.6 Å². The van der Waals surface area contributed by atoms with Gasteiger partial charge in [-0.05, 0) is 50.5 Å². The van der Waals surface area contributed by atoms with Crippen molar-refractivity contribution in [2.75, 3.05) is 57.3 Å². The molecule has 224 valence electrons. The topological polar surface area (TPSA) is 99.0 Å². The number of sulfonamides is 1. The number of benzene rings is 2. The van der Waals surface area contributed by atoms with Crippen LogP contribution >= 0.6 is 0 Å². The third-order valence-electron chi connectivity index (χ3n) is 8.05. The Labute approximate surface area is 247 Å². The molecule has 11 heteroatoms. The predicted molar refractivity (Wildman–Crippen MR) is 161 cm³/mol. The Hall–Kier alpha value is -3.54. The molecule has 0 radical (unpaired) electrons. The van der Waals surface area contributed by atoms with Crippen LogP contribution in [0.3, 0.4) is 0 Å². The number of halogens is 1. The van der Waals surface area contributed by atoms with E-state index < -0.39 is 10.0 Å². The summed E-state index contributed by atoms with van der Waals surface area (Å²) in [6.45, 7) is 8.44. The highest BCUT2D eigenvalue weighted by Gasteiger charge is 2.36. The second-order valence-electron chi connectivity index (χ2n) is 11.0. The highest BCUT2D eigenvalue weighted by atomic mass is 32.2. The van der Waals surface area contributed by atoms with E-state index in [0.717, 1.165) is 43.9 Å². The summed E-state index contributed by atoms with van der Waals surface area (Å²) in [7, 11) is -3.84. The number of aromatic nitrogens is 1. The fourth-order valence-corrected chi connectivity index (χ4v) is 7.26. The van der Waals surface area contributed by atoms with Crippen molar-refractivity contribution < 1.29 is 22.1 Å². The second kappa shape index (κ2) is 13.2. The molecule has 0 aliphatic carbocycles. The zero-order valence-corrected chi connectivity index (χ0v) is 24.9. The molecule has 0 spiro atoms. The molecular formula is C31H38FN5O4S. The fourth-order valence-electron chi connectivity index (χ4n) is 5.54. The van der Waals surface area contributed by atoms with E-state index in [9.17, 15) is 17.6 Å². The van der Waals surface area contributed by atoms with Gasteiger partial charge < -0.3 is 14.7 Å². The largest absolute Gasteiger partial charge is 0.367 e. The number of carbonyl (C=O) groups excluding carboxylic acids is 1. The lowest BCUT2D eigenvalue weighted by atomic mass is 9.97. The first-order chi connectivity index (χ1) is 20.2. The summed E-state index contributed by atoms with van der Waals surface area (Å²) in [5.41, 5.74) is 3.01. The number of aryl methyl sites for hydroxylation is 2. The lowest BCUT2D eigenvalue weighted by Gasteiger charge is -2.36. The normalized spacial score (nSPS) is 17.6. The molecule has 2 saturated heterocycles. The number of nitrogens with one attached hydrogen (secondary N) is 1. The summed E-state index contributed by atoms with van der Waals surface area (Å²) < 4.78 is 48.0. The van der Waals surface area contributed by atoms with Gasteiger partial charge in [-0.25, -0.2) is 12.8 Å². The van der Waals surface area contributed by atoms with E-state index in [1.165, 1.54) is 10.4 Å². The van der Waals surface area contributed by atoms with Crippen LogP contribution < -0.4 is 10.2 Å². The van der Waals surface area contributed by atoms with Crippen LogP contribution in [0.25, 0.3) is 12.2 Å². The monoisotopic (exact) mass is 595 g/mol. The van der Waals surface area contributed by atoms with Gasteiger partial charge in [-0.1, -0.05) is 53.2 Å². The van der Waals surface area contributed by atoms with Crippen LogP contribution in [0.1, 0.15) is 35.4 Å². The van der Waals surface area contributed by atoms with Crippen molar-refractivity contribution in [1.29, 1.82) is 0 Å². The maximum atomic E-state index is 14.1. The van der Waals surface area contributed by atoms with Gasteiger partial charge in [0.25, 0.3) is 0 Å². The number of carbonyl (C=O) groups is 1. The van der Waals surface area contributed by atoms with Gasteiger partial charge in [0.1, 0.15) is 11.5 Å². The first kappa shape index (κ1) is 29.9. The maximum absolute atomic E-state index is 14.1. The van der Waals surface area contributed by atoms with Crippen molar-refractivity contribution in [3.8, 4) is 0 Å². The van der Waals surface area contributed by atoms with E-state index in [1.807, 2.05) is 37.3 Å². The number of anilines is 1. The highest BCUT2D eigenvalue weighted by molar-refractivity contribution is 7.89. The Morgan fingerprint density at radius 1 is 1.00 bits per heavy atom. The summed E-state index contributed by atoms with van der Waals surface area (Å²) in [4.78, 5) is 17.3. The van der Waals surface area contributed by atoms with Gasteiger partial charge in [-0.15, -0.1) is 0 Å². The predicted octanol–water partition coefficient (Wildman–Crippen LogP) is 3.94. The van der Waals surface area contributed by atoms with Crippen LogP contribution in [-0.2, 0) is 14.8 Å². The summed E-state index contributed by atoms with van der Waals surface area (Å²) in [6, 6.07) is 14.7. The second-order valence-corrected chi connectivity index (χ2v) is 12.8. The lowest BCUT2D eigenvalue weighted by Crippen LogP contribution is -2.49. The highest BCUT2D eigenvalue weighted by Crippen LogP contribution is 2.29. The van der Waals surface area contributed by atoms with Gasteiger partial charge in [-0.3, -0.25) is 9.69 Å². The molecular weight excluding hydrogens is 557 g/mol.